The number of rotatable bonds is 4. The van der Waals surface area contributed by atoms with Gasteiger partial charge in [-0.25, -0.2) is 9.78 Å². The highest BCUT2D eigenvalue weighted by atomic mass is 16.2. The van der Waals surface area contributed by atoms with Crippen LogP contribution in [0.2, 0.25) is 0 Å². The summed E-state index contributed by atoms with van der Waals surface area (Å²) in [5, 5.41) is 2.95. The van der Waals surface area contributed by atoms with Gasteiger partial charge in [0.05, 0.1) is 17.1 Å². The Morgan fingerprint density at radius 2 is 1.69 bits per heavy atom. The number of amides is 2. The van der Waals surface area contributed by atoms with Gasteiger partial charge in [-0.3, -0.25) is 4.57 Å². The summed E-state index contributed by atoms with van der Waals surface area (Å²) < 4.78 is 2.07. The predicted molar refractivity (Wildman–Crippen MR) is 117 cm³/mol. The zero-order valence-corrected chi connectivity index (χ0v) is 16.8. The Morgan fingerprint density at radius 3 is 2.41 bits per heavy atom. The molecule has 29 heavy (non-hydrogen) atoms. The standard InChI is InChI=1S/C24H24N4O/c1-17-8-12-20(13-9-17)26-24(29)27(3)18(2)19-10-14-21(15-11-19)28-16-25-22-6-4-5-7-23(22)28/h4-16,18H,1-3H3,(H,26,29). The van der Waals surface area contributed by atoms with Crippen molar-refractivity contribution in [3.05, 3.63) is 90.3 Å². The van der Waals surface area contributed by atoms with Crippen LogP contribution in [-0.4, -0.2) is 27.5 Å². The molecular weight excluding hydrogens is 360 g/mol. The summed E-state index contributed by atoms with van der Waals surface area (Å²) in [6.07, 6.45) is 1.84. The van der Waals surface area contributed by atoms with Crippen LogP contribution in [0.4, 0.5) is 10.5 Å². The van der Waals surface area contributed by atoms with Gasteiger partial charge in [0.1, 0.15) is 6.33 Å². The molecule has 5 nitrogen and oxygen atoms in total. The highest BCUT2D eigenvalue weighted by molar-refractivity contribution is 5.89. The predicted octanol–water partition coefficient (Wildman–Crippen LogP) is 5.56. The molecule has 4 rings (SSSR count). The summed E-state index contributed by atoms with van der Waals surface area (Å²) in [6.45, 7) is 4.05. The zero-order valence-electron chi connectivity index (χ0n) is 16.8. The van der Waals surface area contributed by atoms with Gasteiger partial charge in [0.15, 0.2) is 0 Å². The van der Waals surface area contributed by atoms with Crippen LogP contribution in [0.3, 0.4) is 0 Å². The molecule has 5 heteroatoms. The molecule has 0 aliphatic heterocycles. The van der Waals surface area contributed by atoms with E-state index in [0.29, 0.717) is 0 Å². The number of fused-ring (bicyclic) bond motifs is 1. The summed E-state index contributed by atoms with van der Waals surface area (Å²) in [7, 11) is 1.81. The van der Waals surface area contributed by atoms with Gasteiger partial charge in [-0.2, -0.15) is 0 Å². The number of anilines is 1. The fourth-order valence-electron chi connectivity index (χ4n) is 3.33. The maximum absolute atomic E-state index is 12.6. The second-order valence-corrected chi connectivity index (χ2v) is 7.28. The summed E-state index contributed by atoms with van der Waals surface area (Å²) in [4.78, 5) is 18.8. The van der Waals surface area contributed by atoms with Crippen LogP contribution in [0.1, 0.15) is 24.1 Å². The Balaban J connectivity index is 1.49. The van der Waals surface area contributed by atoms with Crippen molar-refractivity contribution in [1.29, 1.82) is 0 Å². The average Bonchev–Trinajstić information content (AvgIpc) is 3.18. The number of urea groups is 1. The Kier molecular flexibility index (Phi) is 5.04. The summed E-state index contributed by atoms with van der Waals surface area (Å²) in [5.41, 5.74) is 6.11. The SMILES string of the molecule is Cc1ccc(NC(=O)N(C)C(C)c2ccc(-n3cnc4ccccc43)cc2)cc1. The molecule has 1 atom stereocenters. The smallest absolute Gasteiger partial charge is 0.321 e. The number of nitrogens with one attached hydrogen (secondary N) is 1. The fraction of sp³-hybridized carbons (Fsp3) is 0.167. The molecule has 0 aliphatic rings. The highest BCUT2D eigenvalue weighted by Gasteiger charge is 2.17. The molecule has 0 aliphatic carbocycles. The third-order valence-electron chi connectivity index (χ3n) is 5.31. The minimum Gasteiger partial charge on any atom is -0.321 e. The van der Waals surface area contributed by atoms with Crippen molar-refractivity contribution in [1.82, 2.24) is 14.5 Å². The van der Waals surface area contributed by atoms with Crippen molar-refractivity contribution in [3.63, 3.8) is 0 Å². The van der Waals surface area contributed by atoms with E-state index >= 15 is 0 Å². The van der Waals surface area contributed by atoms with Crippen molar-refractivity contribution in [2.24, 2.45) is 0 Å². The number of para-hydroxylation sites is 2. The average molecular weight is 384 g/mol. The molecule has 0 saturated carbocycles. The van der Waals surface area contributed by atoms with Crippen LogP contribution in [0.5, 0.6) is 0 Å². The van der Waals surface area contributed by atoms with Crippen molar-refractivity contribution in [2.45, 2.75) is 19.9 Å². The number of hydrogen-bond acceptors (Lipinski definition) is 2. The van der Waals surface area contributed by atoms with Gasteiger partial charge in [0, 0.05) is 18.4 Å². The Hall–Kier alpha value is -3.60. The van der Waals surface area contributed by atoms with Crippen LogP contribution >= 0.6 is 0 Å². The van der Waals surface area contributed by atoms with E-state index in [4.69, 9.17) is 0 Å². The van der Waals surface area contributed by atoms with Crippen molar-refractivity contribution >= 4 is 22.8 Å². The molecule has 0 fully saturated rings. The Labute approximate surface area is 170 Å². The lowest BCUT2D eigenvalue weighted by atomic mass is 10.1. The van der Waals surface area contributed by atoms with Gasteiger partial charge in [-0.05, 0) is 55.8 Å². The second-order valence-electron chi connectivity index (χ2n) is 7.28. The summed E-state index contributed by atoms with van der Waals surface area (Å²) in [6, 6.07) is 23.9. The van der Waals surface area contributed by atoms with E-state index in [1.807, 2.05) is 69.7 Å². The van der Waals surface area contributed by atoms with Gasteiger partial charge in [0.25, 0.3) is 0 Å². The van der Waals surface area contributed by atoms with Gasteiger partial charge in [-0.15, -0.1) is 0 Å². The van der Waals surface area contributed by atoms with Gasteiger partial charge >= 0.3 is 6.03 Å². The van der Waals surface area contributed by atoms with E-state index in [9.17, 15) is 4.79 Å². The van der Waals surface area contributed by atoms with Gasteiger partial charge < -0.3 is 10.2 Å². The molecule has 0 radical (unpaired) electrons. The molecular formula is C24H24N4O. The van der Waals surface area contributed by atoms with Gasteiger partial charge in [-0.1, -0.05) is 42.0 Å². The maximum atomic E-state index is 12.6. The number of nitrogens with zero attached hydrogens (tertiary/aromatic N) is 3. The Bertz CT molecular complexity index is 1130. The molecule has 0 bridgehead atoms. The quantitative estimate of drug-likeness (QED) is 0.501. The number of carbonyl (C=O) groups is 1. The summed E-state index contributed by atoms with van der Waals surface area (Å²) >= 11 is 0. The van der Waals surface area contributed by atoms with E-state index < -0.39 is 0 Å². The topological polar surface area (TPSA) is 50.2 Å². The number of hydrogen-bond donors (Lipinski definition) is 1. The third-order valence-corrected chi connectivity index (χ3v) is 5.31. The molecule has 0 saturated heterocycles. The van der Waals surface area contributed by atoms with E-state index in [1.54, 1.807) is 4.90 Å². The zero-order chi connectivity index (χ0) is 20.4. The molecule has 3 aromatic carbocycles. The van der Waals surface area contributed by atoms with Gasteiger partial charge in [0.2, 0.25) is 0 Å². The number of carbonyl (C=O) groups excluding carboxylic acids is 1. The van der Waals surface area contributed by atoms with Crippen LogP contribution in [0.25, 0.3) is 16.7 Å². The van der Waals surface area contributed by atoms with Crippen LogP contribution < -0.4 is 5.32 Å². The normalized spacial score (nSPS) is 12.0. The lowest BCUT2D eigenvalue weighted by Gasteiger charge is -2.26. The molecule has 4 aromatic rings. The van der Waals surface area contributed by atoms with Crippen molar-refractivity contribution in [3.8, 4) is 5.69 Å². The minimum atomic E-state index is -0.133. The number of aryl methyl sites for hydroxylation is 1. The number of imidazole rings is 1. The first-order valence-corrected chi connectivity index (χ1v) is 9.66. The minimum absolute atomic E-state index is 0.0611. The first kappa shape index (κ1) is 18.7. The first-order valence-electron chi connectivity index (χ1n) is 9.66. The third kappa shape index (κ3) is 3.85. The van der Waals surface area contributed by atoms with Crippen LogP contribution in [-0.2, 0) is 0 Å². The molecule has 2 amide bonds. The number of aromatic nitrogens is 2. The van der Waals surface area contributed by atoms with Crippen LogP contribution in [0, 0.1) is 6.92 Å². The monoisotopic (exact) mass is 384 g/mol. The molecule has 0 spiro atoms. The van der Waals surface area contributed by atoms with E-state index in [0.717, 1.165) is 33.5 Å². The fourth-order valence-corrected chi connectivity index (χ4v) is 3.33. The van der Waals surface area contributed by atoms with E-state index in [-0.39, 0.29) is 12.1 Å². The lowest BCUT2D eigenvalue weighted by Crippen LogP contribution is -2.33. The van der Waals surface area contributed by atoms with Crippen LogP contribution in [0.15, 0.2) is 79.1 Å². The maximum Gasteiger partial charge on any atom is 0.322 e. The van der Waals surface area contributed by atoms with E-state index in [1.165, 1.54) is 0 Å². The Morgan fingerprint density at radius 1 is 1.00 bits per heavy atom. The second kappa shape index (κ2) is 7.80. The van der Waals surface area contributed by atoms with E-state index in [2.05, 4.69) is 45.2 Å². The highest BCUT2D eigenvalue weighted by Crippen LogP contribution is 2.23. The van der Waals surface area contributed by atoms with Crippen molar-refractivity contribution in [2.75, 3.05) is 12.4 Å². The largest absolute Gasteiger partial charge is 0.322 e. The molecule has 1 heterocycles. The molecule has 1 aromatic heterocycles. The lowest BCUT2D eigenvalue weighted by molar-refractivity contribution is 0.208. The summed E-state index contributed by atoms with van der Waals surface area (Å²) in [5.74, 6) is 0. The molecule has 1 unspecified atom stereocenters. The molecule has 1 N–H and O–H groups in total. The molecule has 146 valence electrons. The number of benzene rings is 3. The first-order chi connectivity index (χ1) is 14.0. The van der Waals surface area contributed by atoms with Crippen molar-refractivity contribution < 1.29 is 4.79 Å².